The van der Waals surface area contributed by atoms with Gasteiger partial charge >= 0.3 is 5.97 Å². The summed E-state index contributed by atoms with van der Waals surface area (Å²) in [5, 5.41) is 10.3. The van der Waals surface area contributed by atoms with E-state index in [0.29, 0.717) is 11.6 Å². The van der Waals surface area contributed by atoms with Crippen LogP contribution < -0.4 is 0 Å². The van der Waals surface area contributed by atoms with E-state index in [1.54, 1.807) is 6.08 Å². The van der Waals surface area contributed by atoms with Gasteiger partial charge in [-0.1, -0.05) is 18.2 Å². The van der Waals surface area contributed by atoms with Crippen molar-refractivity contribution in [3.8, 4) is 6.07 Å². The Hall–Kier alpha value is -3.59. The van der Waals surface area contributed by atoms with Gasteiger partial charge in [0.2, 0.25) is 5.78 Å². The Kier molecular flexibility index (Phi) is 5.04. The molecular formula is C24H23N3O3. The Morgan fingerprint density at radius 2 is 2.00 bits per heavy atom. The monoisotopic (exact) mass is 401 g/mol. The first-order chi connectivity index (χ1) is 14.4. The van der Waals surface area contributed by atoms with E-state index in [1.165, 1.54) is 0 Å². The van der Waals surface area contributed by atoms with Gasteiger partial charge in [-0.05, 0) is 57.4 Å². The fourth-order valence-corrected chi connectivity index (χ4v) is 4.05. The molecule has 2 aromatic heterocycles. The van der Waals surface area contributed by atoms with Crippen LogP contribution in [-0.4, -0.2) is 27.9 Å². The molecule has 0 bridgehead atoms. The Balaban J connectivity index is 1.51. The molecule has 0 radical (unpaired) electrons. The standard InChI is InChI=1S/C24H23N3O3/c1-14-10-17(16(3)27(14)19-8-9-19)11-18(12-25)24(29)30-13-22(28)23-15(2)26-21-7-5-4-6-20(21)23/h4-7,10-11,19,26H,8-9,13H2,1-3H3/b18-11+. The van der Waals surface area contributed by atoms with Crippen molar-refractivity contribution in [1.29, 1.82) is 5.26 Å². The number of Topliss-reactive ketones (excluding diaryl/α,β-unsaturated/α-hetero) is 1. The smallest absolute Gasteiger partial charge is 0.349 e. The normalized spacial score (nSPS) is 14.0. The van der Waals surface area contributed by atoms with E-state index in [9.17, 15) is 14.9 Å². The Morgan fingerprint density at radius 3 is 2.70 bits per heavy atom. The van der Waals surface area contributed by atoms with Gasteiger partial charge in [0.25, 0.3) is 0 Å². The van der Waals surface area contributed by atoms with E-state index in [0.717, 1.165) is 46.4 Å². The molecule has 0 saturated heterocycles. The van der Waals surface area contributed by atoms with Crippen LogP contribution in [0.3, 0.4) is 0 Å². The molecule has 0 amide bonds. The largest absolute Gasteiger partial charge is 0.453 e. The van der Waals surface area contributed by atoms with Gasteiger partial charge in [0.15, 0.2) is 6.61 Å². The molecule has 0 aliphatic heterocycles. The summed E-state index contributed by atoms with van der Waals surface area (Å²) in [6, 6.07) is 11.9. The fourth-order valence-electron chi connectivity index (χ4n) is 4.05. The number of ether oxygens (including phenoxy) is 1. The van der Waals surface area contributed by atoms with Gasteiger partial charge in [-0.25, -0.2) is 4.79 Å². The minimum absolute atomic E-state index is 0.116. The Labute approximate surface area is 174 Å². The highest BCUT2D eigenvalue weighted by atomic mass is 16.5. The number of benzene rings is 1. The molecule has 152 valence electrons. The minimum atomic E-state index is -0.792. The first-order valence-corrected chi connectivity index (χ1v) is 9.98. The molecular weight excluding hydrogens is 378 g/mol. The zero-order valence-corrected chi connectivity index (χ0v) is 17.3. The number of aryl methyl sites for hydroxylation is 2. The number of rotatable bonds is 6. The van der Waals surface area contributed by atoms with Crippen molar-refractivity contribution in [2.75, 3.05) is 6.61 Å². The lowest BCUT2D eigenvalue weighted by Crippen LogP contribution is -2.15. The molecule has 0 spiro atoms. The summed E-state index contributed by atoms with van der Waals surface area (Å²) in [5.74, 6) is -1.10. The van der Waals surface area contributed by atoms with Crippen molar-refractivity contribution in [2.24, 2.45) is 0 Å². The van der Waals surface area contributed by atoms with Crippen molar-refractivity contribution in [3.63, 3.8) is 0 Å². The highest BCUT2D eigenvalue weighted by Gasteiger charge is 2.27. The quantitative estimate of drug-likeness (QED) is 0.284. The molecule has 0 atom stereocenters. The number of aromatic nitrogens is 2. The molecule has 1 aliphatic rings. The molecule has 1 fully saturated rings. The second-order valence-electron chi connectivity index (χ2n) is 7.77. The number of ketones is 1. The van der Waals surface area contributed by atoms with Crippen LogP contribution in [0.25, 0.3) is 17.0 Å². The van der Waals surface area contributed by atoms with Crippen LogP contribution >= 0.6 is 0 Å². The van der Waals surface area contributed by atoms with Gasteiger partial charge in [-0.3, -0.25) is 4.79 Å². The second kappa shape index (κ2) is 7.68. The number of carbonyl (C=O) groups excluding carboxylic acids is 2. The molecule has 1 aromatic carbocycles. The van der Waals surface area contributed by atoms with Crippen molar-refractivity contribution in [3.05, 3.63) is 64.1 Å². The highest BCUT2D eigenvalue weighted by molar-refractivity contribution is 6.10. The van der Waals surface area contributed by atoms with Crippen LogP contribution in [0.2, 0.25) is 0 Å². The van der Waals surface area contributed by atoms with Crippen LogP contribution in [0, 0.1) is 32.1 Å². The number of carbonyl (C=O) groups is 2. The Morgan fingerprint density at radius 1 is 1.27 bits per heavy atom. The summed E-state index contributed by atoms with van der Waals surface area (Å²) >= 11 is 0. The van der Waals surface area contributed by atoms with E-state index in [4.69, 9.17) is 4.74 Å². The first kappa shape index (κ1) is 19.7. The summed E-state index contributed by atoms with van der Waals surface area (Å²) in [5.41, 5.74) is 4.93. The summed E-state index contributed by atoms with van der Waals surface area (Å²) in [7, 11) is 0. The van der Waals surface area contributed by atoms with Crippen LogP contribution in [-0.2, 0) is 9.53 Å². The van der Waals surface area contributed by atoms with Crippen molar-refractivity contribution >= 4 is 28.7 Å². The summed E-state index contributed by atoms with van der Waals surface area (Å²) < 4.78 is 7.44. The third kappa shape index (κ3) is 3.55. The van der Waals surface area contributed by atoms with Gasteiger partial charge in [0.05, 0.1) is 0 Å². The van der Waals surface area contributed by atoms with Crippen LogP contribution in [0.1, 0.15) is 51.9 Å². The van der Waals surface area contributed by atoms with E-state index in [2.05, 4.69) is 9.55 Å². The molecule has 3 aromatic rings. The Bertz CT molecular complexity index is 1230. The van der Waals surface area contributed by atoms with E-state index >= 15 is 0 Å². The lowest BCUT2D eigenvalue weighted by Gasteiger charge is -2.07. The number of esters is 1. The number of hydrogen-bond acceptors (Lipinski definition) is 4. The predicted octanol–water partition coefficient (Wildman–Crippen LogP) is 4.56. The van der Waals surface area contributed by atoms with E-state index in [1.807, 2.05) is 57.2 Å². The number of H-pyrrole nitrogens is 1. The number of fused-ring (bicyclic) bond motifs is 1. The molecule has 1 N–H and O–H groups in total. The van der Waals surface area contributed by atoms with E-state index < -0.39 is 12.6 Å². The lowest BCUT2D eigenvalue weighted by molar-refractivity contribution is -0.137. The molecule has 30 heavy (non-hydrogen) atoms. The summed E-state index contributed by atoms with van der Waals surface area (Å²) in [4.78, 5) is 28.3. The molecule has 0 unspecified atom stereocenters. The van der Waals surface area contributed by atoms with Gasteiger partial charge in [0.1, 0.15) is 11.6 Å². The maximum atomic E-state index is 12.7. The second-order valence-corrected chi connectivity index (χ2v) is 7.77. The maximum Gasteiger partial charge on any atom is 0.349 e. The van der Waals surface area contributed by atoms with Gasteiger partial charge in [-0.2, -0.15) is 5.26 Å². The molecule has 2 heterocycles. The molecule has 6 heteroatoms. The molecule has 1 aliphatic carbocycles. The van der Waals surface area contributed by atoms with Crippen molar-refractivity contribution in [1.82, 2.24) is 9.55 Å². The fraction of sp³-hybridized carbons (Fsp3) is 0.292. The number of nitrogens with one attached hydrogen (secondary N) is 1. The lowest BCUT2D eigenvalue weighted by atomic mass is 10.1. The van der Waals surface area contributed by atoms with Gasteiger partial charge in [-0.15, -0.1) is 0 Å². The summed E-state index contributed by atoms with van der Waals surface area (Å²) in [6.45, 7) is 5.41. The number of nitrogens with zero attached hydrogens (tertiary/aromatic N) is 2. The molecule has 6 nitrogen and oxygen atoms in total. The third-order valence-electron chi connectivity index (χ3n) is 5.58. The maximum absolute atomic E-state index is 12.7. The predicted molar refractivity (Wildman–Crippen MR) is 114 cm³/mol. The number of aromatic amines is 1. The van der Waals surface area contributed by atoms with Gasteiger partial charge < -0.3 is 14.3 Å². The van der Waals surface area contributed by atoms with E-state index in [-0.39, 0.29) is 11.4 Å². The average Bonchev–Trinajstić information content (AvgIpc) is 3.43. The zero-order chi connectivity index (χ0) is 21.4. The van der Waals surface area contributed by atoms with Gasteiger partial charge in [0, 0.05) is 39.6 Å². The zero-order valence-electron chi connectivity index (χ0n) is 17.3. The van der Waals surface area contributed by atoms with Crippen molar-refractivity contribution in [2.45, 2.75) is 39.7 Å². The van der Waals surface area contributed by atoms with Crippen LogP contribution in [0.5, 0.6) is 0 Å². The first-order valence-electron chi connectivity index (χ1n) is 9.98. The SMILES string of the molecule is Cc1[nH]c2ccccc2c1C(=O)COC(=O)/C(C#N)=C/c1cc(C)n(C2CC2)c1C. The molecule has 1 saturated carbocycles. The van der Waals surface area contributed by atoms with Crippen LogP contribution in [0.4, 0.5) is 0 Å². The third-order valence-corrected chi connectivity index (χ3v) is 5.58. The summed E-state index contributed by atoms with van der Waals surface area (Å²) in [6.07, 6.45) is 3.86. The highest BCUT2D eigenvalue weighted by Crippen LogP contribution is 2.38. The topological polar surface area (TPSA) is 87.9 Å². The number of hydrogen-bond donors (Lipinski definition) is 1. The average molecular weight is 401 g/mol. The van der Waals surface area contributed by atoms with Crippen LogP contribution in [0.15, 0.2) is 35.9 Å². The molecule has 4 rings (SSSR count). The number of para-hydroxylation sites is 1. The van der Waals surface area contributed by atoms with Crippen molar-refractivity contribution < 1.29 is 14.3 Å². The minimum Gasteiger partial charge on any atom is -0.453 e. The number of nitriles is 1.